The van der Waals surface area contributed by atoms with Gasteiger partial charge in [0.2, 0.25) is 0 Å². The van der Waals surface area contributed by atoms with Crippen LogP contribution in [0.1, 0.15) is 32.3 Å². The standard InChI is InChI=1S/C16H25BrN2OS/c1-15(2)14-12(5-4-6-20-14)16(15,18)10-19(3)8-11-7-13(17)21-9-11/h7,9,12,14H,4-6,8,10,18H2,1-3H3. The molecular formula is C16H25BrN2OS. The van der Waals surface area contributed by atoms with Crippen LogP contribution in [-0.2, 0) is 11.3 Å². The fourth-order valence-corrected chi connectivity index (χ4v) is 5.43. The lowest BCUT2D eigenvalue weighted by Crippen LogP contribution is -2.80. The topological polar surface area (TPSA) is 38.5 Å². The summed E-state index contributed by atoms with van der Waals surface area (Å²) in [5.41, 5.74) is 8.14. The van der Waals surface area contributed by atoms with Crippen LogP contribution in [0.4, 0.5) is 0 Å². The zero-order chi connectivity index (χ0) is 15.3. The van der Waals surface area contributed by atoms with E-state index in [2.05, 4.69) is 53.2 Å². The molecule has 0 bridgehead atoms. The minimum atomic E-state index is -0.139. The molecule has 3 nitrogen and oxygen atoms in total. The summed E-state index contributed by atoms with van der Waals surface area (Å²) in [5, 5.41) is 2.21. The lowest BCUT2D eigenvalue weighted by atomic mass is 9.46. The largest absolute Gasteiger partial charge is 0.377 e. The first-order valence-corrected chi connectivity index (χ1v) is 9.34. The molecule has 0 amide bonds. The van der Waals surface area contributed by atoms with E-state index in [0.29, 0.717) is 12.0 Å². The lowest BCUT2D eigenvalue weighted by Gasteiger charge is -2.67. The Morgan fingerprint density at radius 3 is 2.95 bits per heavy atom. The molecule has 0 aromatic carbocycles. The third kappa shape index (κ3) is 2.61. The van der Waals surface area contributed by atoms with Crippen LogP contribution in [0, 0.1) is 11.3 Å². The van der Waals surface area contributed by atoms with Crippen molar-refractivity contribution in [2.75, 3.05) is 20.2 Å². The van der Waals surface area contributed by atoms with Crippen LogP contribution in [0.3, 0.4) is 0 Å². The highest BCUT2D eigenvalue weighted by Crippen LogP contribution is 2.57. The Bertz CT molecular complexity index is 518. The SMILES string of the molecule is CN(Cc1csc(Br)c1)CC1(N)C2CCCOC2C1(C)C. The molecule has 1 aromatic heterocycles. The molecule has 0 radical (unpaired) electrons. The van der Waals surface area contributed by atoms with Crippen molar-refractivity contribution in [1.29, 1.82) is 0 Å². The number of halogens is 1. The molecule has 3 atom stereocenters. The normalized spacial score (nSPS) is 34.6. The number of likely N-dealkylation sites (N-methyl/N-ethyl adjacent to an activating group) is 1. The highest BCUT2D eigenvalue weighted by Gasteiger charge is 2.66. The van der Waals surface area contributed by atoms with Gasteiger partial charge in [-0.1, -0.05) is 13.8 Å². The van der Waals surface area contributed by atoms with E-state index in [0.717, 1.165) is 26.1 Å². The molecule has 1 saturated heterocycles. The van der Waals surface area contributed by atoms with Gasteiger partial charge in [0.25, 0.3) is 0 Å². The summed E-state index contributed by atoms with van der Waals surface area (Å²) >= 11 is 5.27. The maximum Gasteiger partial charge on any atom is 0.0701 e. The van der Waals surface area contributed by atoms with E-state index < -0.39 is 0 Å². The van der Waals surface area contributed by atoms with Crippen LogP contribution in [0.15, 0.2) is 15.2 Å². The van der Waals surface area contributed by atoms with Gasteiger partial charge in [0.1, 0.15) is 0 Å². The van der Waals surface area contributed by atoms with E-state index in [9.17, 15) is 0 Å². The molecule has 1 aliphatic carbocycles. The van der Waals surface area contributed by atoms with Gasteiger partial charge in [-0.2, -0.15) is 0 Å². The second-order valence-electron chi connectivity index (χ2n) is 7.23. The van der Waals surface area contributed by atoms with E-state index in [1.54, 1.807) is 11.3 Å². The number of nitrogens with two attached hydrogens (primary N) is 1. The van der Waals surface area contributed by atoms with E-state index in [1.807, 2.05) is 0 Å². The minimum absolute atomic E-state index is 0.0571. The number of thiophene rings is 1. The number of hydrogen-bond acceptors (Lipinski definition) is 4. The van der Waals surface area contributed by atoms with Crippen LogP contribution < -0.4 is 5.73 Å². The molecule has 118 valence electrons. The van der Waals surface area contributed by atoms with Crippen LogP contribution in [-0.4, -0.2) is 36.7 Å². The summed E-state index contributed by atoms with van der Waals surface area (Å²) in [5.74, 6) is 0.512. The molecule has 3 unspecified atom stereocenters. The Morgan fingerprint density at radius 2 is 2.29 bits per heavy atom. The van der Waals surface area contributed by atoms with Crippen LogP contribution in [0.5, 0.6) is 0 Å². The first kappa shape index (κ1) is 15.9. The summed E-state index contributed by atoms with van der Waals surface area (Å²) in [4.78, 5) is 2.36. The third-order valence-corrected chi connectivity index (χ3v) is 7.05. The Morgan fingerprint density at radius 1 is 1.52 bits per heavy atom. The highest BCUT2D eigenvalue weighted by molar-refractivity contribution is 9.11. The van der Waals surface area contributed by atoms with Gasteiger partial charge in [-0.3, -0.25) is 0 Å². The van der Waals surface area contributed by atoms with Crippen molar-refractivity contribution >= 4 is 27.3 Å². The predicted molar refractivity (Wildman–Crippen MR) is 91.5 cm³/mol. The number of hydrogen-bond donors (Lipinski definition) is 1. The average Bonchev–Trinajstić information content (AvgIpc) is 2.83. The van der Waals surface area contributed by atoms with Gasteiger partial charge in [0.05, 0.1) is 9.89 Å². The zero-order valence-electron chi connectivity index (χ0n) is 13.1. The van der Waals surface area contributed by atoms with E-state index in [1.165, 1.54) is 15.8 Å². The molecule has 21 heavy (non-hydrogen) atoms. The molecular weight excluding hydrogens is 348 g/mol. The van der Waals surface area contributed by atoms with Crippen molar-refractivity contribution in [1.82, 2.24) is 4.90 Å². The Kier molecular flexibility index (Phi) is 4.25. The molecule has 2 aliphatic rings. The summed E-state index contributed by atoms with van der Waals surface area (Å²) in [6.07, 6.45) is 2.71. The van der Waals surface area contributed by atoms with Gasteiger partial charge in [0, 0.05) is 36.6 Å². The highest BCUT2D eigenvalue weighted by atomic mass is 79.9. The van der Waals surface area contributed by atoms with Crippen LogP contribution >= 0.6 is 27.3 Å². The number of nitrogens with zero attached hydrogens (tertiary/aromatic N) is 1. The van der Waals surface area contributed by atoms with Gasteiger partial charge in [0.15, 0.2) is 0 Å². The third-order valence-electron chi connectivity index (χ3n) is 5.50. The van der Waals surface area contributed by atoms with Gasteiger partial charge in [-0.25, -0.2) is 0 Å². The maximum atomic E-state index is 6.87. The summed E-state index contributed by atoms with van der Waals surface area (Å²) < 4.78 is 7.18. The molecule has 0 spiro atoms. The lowest BCUT2D eigenvalue weighted by molar-refractivity contribution is -0.231. The summed E-state index contributed by atoms with van der Waals surface area (Å²) in [6, 6.07) is 2.20. The average molecular weight is 373 g/mol. The molecule has 2 fully saturated rings. The van der Waals surface area contributed by atoms with E-state index >= 15 is 0 Å². The second kappa shape index (κ2) is 5.60. The van der Waals surface area contributed by atoms with Crippen molar-refractivity contribution < 1.29 is 4.74 Å². The first-order valence-electron chi connectivity index (χ1n) is 7.66. The minimum Gasteiger partial charge on any atom is -0.377 e. The fourth-order valence-electron chi connectivity index (χ4n) is 4.23. The molecule has 5 heteroatoms. The van der Waals surface area contributed by atoms with Crippen molar-refractivity contribution in [3.63, 3.8) is 0 Å². The fraction of sp³-hybridized carbons (Fsp3) is 0.750. The second-order valence-corrected chi connectivity index (χ2v) is 9.52. The van der Waals surface area contributed by atoms with Gasteiger partial charge < -0.3 is 15.4 Å². The molecule has 2 N–H and O–H groups in total. The van der Waals surface area contributed by atoms with Crippen LogP contribution in [0.25, 0.3) is 0 Å². The summed E-state index contributed by atoms with van der Waals surface area (Å²) in [7, 11) is 2.17. The number of fused-ring (bicyclic) bond motifs is 1. The summed E-state index contributed by atoms with van der Waals surface area (Å²) in [6.45, 7) is 7.33. The van der Waals surface area contributed by atoms with Gasteiger partial charge in [-0.05, 0) is 52.8 Å². The maximum absolute atomic E-state index is 6.87. The molecule has 1 aromatic rings. The van der Waals surface area contributed by atoms with Crippen LogP contribution in [0.2, 0.25) is 0 Å². The zero-order valence-corrected chi connectivity index (χ0v) is 15.5. The molecule has 2 heterocycles. The number of ether oxygens (including phenoxy) is 1. The van der Waals surface area contributed by atoms with E-state index in [-0.39, 0.29) is 11.0 Å². The van der Waals surface area contributed by atoms with Crippen molar-refractivity contribution in [2.45, 2.75) is 44.9 Å². The number of rotatable bonds is 4. The predicted octanol–water partition coefficient (Wildman–Crippen LogP) is 3.47. The molecule has 1 aliphatic heterocycles. The van der Waals surface area contributed by atoms with E-state index in [4.69, 9.17) is 10.5 Å². The molecule has 1 saturated carbocycles. The van der Waals surface area contributed by atoms with Crippen molar-refractivity contribution in [3.8, 4) is 0 Å². The molecule has 3 rings (SSSR count). The van der Waals surface area contributed by atoms with Crippen molar-refractivity contribution in [2.24, 2.45) is 17.1 Å². The van der Waals surface area contributed by atoms with Gasteiger partial charge >= 0.3 is 0 Å². The Hall–Kier alpha value is 0.0600. The first-order chi connectivity index (χ1) is 9.84. The quantitative estimate of drug-likeness (QED) is 0.878. The monoisotopic (exact) mass is 372 g/mol. The smallest absolute Gasteiger partial charge is 0.0701 e. The Balaban J connectivity index is 1.68. The van der Waals surface area contributed by atoms with Crippen molar-refractivity contribution in [3.05, 3.63) is 20.8 Å². The Labute approximate surface area is 140 Å². The van der Waals surface area contributed by atoms with Gasteiger partial charge in [-0.15, -0.1) is 11.3 Å².